The van der Waals surface area contributed by atoms with E-state index < -0.39 is 14.0 Å². The van der Waals surface area contributed by atoms with Gasteiger partial charge in [-0.15, -0.1) is 0 Å². The Kier molecular flexibility index (Phi) is 11.0. The van der Waals surface area contributed by atoms with Crippen molar-refractivity contribution < 1.29 is 19.4 Å². The molecule has 0 bridgehead atoms. The maximum atomic E-state index is 11.9. The quantitative estimate of drug-likeness (QED) is 0.129. The molecule has 1 N–H and O–H groups in total. The number of aliphatic hydroxyl groups excluding tert-OH is 1. The van der Waals surface area contributed by atoms with Gasteiger partial charge in [0, 0.05) is 43.4 Å². The van der Waals surface area contributed by atoms with Crippen molar-refractivity contribution in [3.63, 3.8) is 0 Å². The Morgan fingerprint density at radius 3 is 2.26 bits per heavy atom. The first kappa shape index (κ1) is 30.3. The largest absolute Gasteiger partial charge is 0.465 e. The molecule has 0 saturated carbocycles. The average Bonchev–Trinajstić information content (AvgIpc) is 2.93. The zero-order valence-corrected chi connectivity index (χ0v) is 24.9. The van der Waals surface area contributed by atoms with Gasteiger partial charge in [0.25, 0.3) is 0 Å². The molecule has 9 heteroatoms. The summed E-state index contributed by atoms with van der Waals surface area (Å²) < 4.78 is 4.81. The molecular weight excluding hydrogens is 528 g/mol. The normalized spacial score (nSPS) is 13.6. The molecule has 7 nitrogen and oxygen atoms in total. The van der Waals surface area contributed by atoms with Crippen molar-refractivity contribution in [3.8, 4) is 11.1 Å². The van der Waals surface area contributed by atoms with Crippen molar-refractivity contribution in [3.05, 3.63) is 94.0 Å². The fraction of sp³-hybridized carbons (Fsp3) is 0.333. The number of carbonyl (C=O) groups is 1. The SMILES string of the molecule is COC(=O)c1ccc(N2CCN(Cc3ccccc3-c3ccc(Cl)cc3)CC2)cc1CO.C[Si](C)(C)C=[N+]=[N-]. The van der Waals surface area contributed by atoms with Gasteiger partial charge in [0.1, 0.15) is 0 Å². The van der Waals surface area contributed by atoms with Crippen LogP contribution in [0.1, 0.15) is 21.5 Å². The first-order chi connectivity index (χ1) is 18.6. The molecule has 0 radical (unpaired) electrons. The number of aliphatic hydroxyl groups is 1. The van der Waals surface area contributed by atoms with Crippen LogP contribution < -0.4 is 4.90 Å². The van der Waals surface area contributed by atoms with Crippen molar-refractivity contribution in [2.24, 2.45) is 0 Å². The zero-order chi connectivity index (χ0) is 28.4. The van der Waals surface area contributed by atoms with E-state index in [1.165, 1.54) is 23.8 Å². The van der Waals surface area contributed by atoms with E-state index in [1.54, 1.807) is 11.9 Å². The van der Waals surface area contributed by atoms with E-state index in [9.17, 15) is 9.90 Å². The van der Waals surface area contributed by atoms with E-state index in [2.05, 4.69) is 70.6 Å². The number of hydrogen-bond donors (Lipinski definition) is 1. The van der Waals surface area contributed by atoms with Gasteiger partial charge in [-0.1, -0.05) is 67.6 Å². The third-order valence-corrected chi connectivity index (χ3v) is 7.56. The van der Waals surface area contributed by atoms with E-state index in [0.717, 1.165) is 43.4 Å². The van der Waals surface area contributed by atoms with Gasteiger partial charge in [0.15, 0.2) is 8.07 Å². The number of anilines is 1. The molecule has 1 aliphatic heterocycles. The van der Waals surface area contributed by atoms with Crippen molar-refractivity contribution >= 4 is 37.2 Å². The number of esters is 1. The summed E-state index contributed by atoms with van der Waals surface area (Å²) in [6.45, 7) is 10.6. The number of nitrogens with zero attached hydrogens (tertiary/aromatic N) is 4. The van der Waals surface area contributed by atoms with Crippen LogP contribution in [0.4, 0.5) is 5.69 Å². The van der Waals surface area contributed by atoms with Crippen LogP contribution in [-0.4, -0.2) is 68.0 Å². The third-order valence-electron chi connectivity index (χ3n) is 6.41. The summed E-state index contributed by atoms with van der Waals surface area (Å²) in [5.41, 5.74) is 13.7. The average molecular weight is 565 g/mol. The maximum Gasteiger partial charge on any atom is 0.338 e. The number of methoxy groups -OCH3 is 1. The number of rotatable bonds is 7. The molecule has 3 aromatic carbocycles. The Labute approximate surface area is 237 Å². The van der Waals surface area contributed by atoms with Gasteiger partial charge < -0.3 is 20.3 Å². The number of halogens is 1. The second kappa shape index (κ2) is 14.2. The van der Waals surface area contributed by atoms with Gasteiger partial charge in [-0.05, 0) is 52.6 Å². The molecule has 0 spiro atoms. The highest BCUT2D eigenvalue weighted by Crippen LogP contribution is 2.27. The highest BCUT2D eigenvalue weighted by atomic mass is 35.5. The Hall–Kier alpha value is -3.26. The monoisotopic (exact) mass is 564 g/mol. The topological polar surface area (TPSA) is 89.4 Å². The highest BCUT2D eigenvalue weighted by Gasteiger charge is 2.20. The predicted molar refractivity (Wildman–Crippen MR) is 161 cm³/mol. The number of hydrogen-bond acceptors (Lipinski definition) is 5. The van der Waals surface area contributed by atoms with Gasteiger partial charge in [-0.2, -0.15) is 4.79 Å². The van der Waals surface area contributed by atoms with E-state index in [0.29, 0.717) is 11.1 Å². The smallest absolute Gasteiger partial charge is 0.338 e. The van der Waals surface area contributed by atoms with E-state index >= 15 is 0 Å². The second-order valence-corrected chi connectivity index (χ2v) is 16.0. The molecule has 0 aromatic heterocycles. The summed E-state index contributed by atoms with van der Waals surface area (Å²) in [7, 11) is 0.150. The molecule has 1 fully saturated rings. The molecule has 206 valence electrons. The fourth-order valence-corrected chi connectivity index (χ4v) is 4.84. The molecule has 0 aliphatic carbocycles. The van der Waals surface area contributed by atoms with Crippen LogP contribution in [0.2, 0.25) is 24.7 Å². The number of carbonyl (C=O) groups excluding carboxylic acids is 1. The zero-order valence-electron chi connectivity index (χ0n) is 23.1. The third kappa shape index (κ3) is 8.88. The lowest BCUT2D eigenvalue weighted by Crippen LogP contribution is -2.46. The number of benzene rings is 3. The van der Waals surface area contributed by atoms with E-state index in [-0.39, 0.29) is 6.61 Å². The highest BCUT2D eigenvalue weighted by molar-refractivity contribution is 6.98. The summed E-state index contributed by atoms with van der Waals surface area (Å²) in [5, 5.41) is 10.4. The van der Waals surface area contributed by atoms with Gasteiger partial charge in [-0.25, -0.2) is 4.79 Å². The van der Waals surface area contributed by atoms with Crippen molar-refractivity contribution in [2.75, 3.05) is 38.2 Å². The lowest BCUT2D eigenvalue weighted by Gasteiger charge is -2.36. The van der Waals surface area contributed by atoms with Crippen LogP contribution in [0.5, 0.6) is 0 Å². The summed E-state index contributed by atoms with van der Waals surface area (Å²) in [4.78, 5) is 19.6. The lowest BCUT2D eigenvalue weighted by atomic mass is 9.99. The molecule has 0 amide bonds. The summed E-state index contributed by atoms with van der Waals surface area (Å²) >= 11 is 6.06. The van der Waals surface area contributed by atoms with E-state index in [4.69, 9.17) is 21.9 Å². The van der Waals surface area contributed by atoms with Gasteiger partial charge in [-0.3, -0.25) is 4.90 Å². The second-order valence-electron chi connectivity index (χ2n) is 10.5. The molecule has 1 heterocycles. The van der Waals surface area contributed by atoms with Crippen LogP contribution in [0.3, 0.4) is 0 Å². The Morgan fingerprint density at radius 2 is 1.69 bits per heavy atom. The summed E-state index contributed by atoms with van der Waals surface area (Å²) in [6, 6.07) is 22.1. The van der Waals surface area contributed by atoms with Gasteiger partial charge in [0.05, 0.1) is 19.3 Å². The van der Waals surface area contributed by atoms with Crippen LogP contribution in [0.25, 0.3) is 16.7 Å². The van der Waals surface area contributed by atoms with Gasteiger partial charge >= 0.3 is 5.97 Å². The minimum atomic E-state index is -1.20. The summed E-state index contributed by atoms with van der Waals surface area (Å²) in [6.07, 6.45) is 0. The van der Waals surface area contributed by atoms with Crippen LogP contribution >= 0.6 is 11.6 Å². The van der Waals surface area contributed by atoms with Crippen molar-refractivity contribution in [1.29, 1.82) is 0 Å². The van der Waals surface area contributed by atoms with E-state index in [1.807, 2.05) is 24.3 Å². The first-order valence-electron chi connectivity index (χ1n) is 13.0. The minimum Gasteiger partial charge on any atom is -0.465 e. The van der Waals surface area contributed by atoms with Crippen LogP contribution in [-0.2, 0) is 17.9 Å². The standard InChI is InChI=1S/C26H27ClN2O3.C4H10N2Si/c1-32-26(31)25-11-10-23(16-21(25)18-30)29-14-12-28(13-15-29)17-20-4-2-3-5-24(20)19-6-8-22(27)9-7-19;1-7(2,3)4-6-5/h2-11,16,30H,12-15,17-18H2,1H3;4H,1-3H3. The number of piperazine rings is 1. The van der Waals surface area contributed by atoms with Crippen molar-refractivity contribution in [2.45, 2.75) is 32.8 Å². The molecule has 4 rings (SSSR count). The molecule has 39 heavy (non-hydrogen) atoms. The molecule has 0 atom stereocenters. The summed E-state index contributed by atoms with van der Waals surface area (Å²) in [5.74, 6) is 1.21. The predicted octanol–water partition coefficient (Wildman–Crippen LogP) is 5.77. The van der Waals surface area contributed by atoms with Crippen molar-refractivity contribution in [1.82, 2.24) is 4.90 Å². The Morgan fingerprint density at radius 1 is 1.03 bits per heavy atom. The Balaban J connectivity index is 0.000000532. The lowest BCUT2D eigenvalue weighted by molar-refractivity contribution is 0.00679. The van der Waals surface area contributed by atoms with Gasteiger partial charge in [0.2, 0.25) is 5.84 Å². The number of ether oxygens (including phenoxy) is 1. The minimum absolute atomic E-state index is 0.195. The molecule has 0 unspecified atom stereocenters. The first-order valence-corrected chi connectivity index (χ1v) is 16.9. The van der Waals surface area contributed by atoms with Crippen LogP contribution in [0, 0.1) is 0 Å². The molecule has 1 aliphatic rings. The molecule has 3 aromatic rings. The maximum absolute atomic E-state index is 11.9. The Bertz CT molecular complexity index is 1300. The molecular formula is C30H37ClN4O3Si. The molecule has 1 saturated heterocycles. The van der Waals surface area contributed by atoms with Crippen LogP contribution in [0.15, 0.2) is 66.7 Å². The fourth-order valence-electron chi connectivity index (χ4n) is 4.36.